The van der Waals surface area contributed by atoms with Gasteiger partial charge in [-0.15, -0.1) is 0 Å². The molecule has 1 fully saturated rings. The van der Waals surface area contributed by atoms with E-state index in [0.29, 0.717) is 0 Å². The summed E-state index contributed by atoms with van der Waals surface area (Å²) in [7, 11) is -0.992. The molecule has 4 aromatic rings. The number of hydrogen-bond acceptors (Lipinski definition) is 4. The van der Waals surface area contributed by atoms with E-state index in [-0.39, 0.29) is 10.8 Å². The second kappa shape index (κ2) is 6.83. The van der Waals surface area contributed by atoms with Crippen LogP contribution in [0.3, 0.4) is 0 Å². The van der Waals surface area contributed by atoms with Crippen LogP contribution in [0.5, 0.6) is 0 Å². The van der Waals surface area contributed by atoms with E-state index < -0.39 is 10.8 Å². The maximum atomic E-state index is 12.6. The SMILES string of the molecule is O=c1ccc(-c2cccc(-n3ncc4cc([S@@](=O)C5CCC5)cnc43)c2)c[nH]1. The van der Waals surface area contributed by atoms with Gasteiger partial charge in [0.15, 0.2) is 5.65 Å². The predicted octanol–water partition coefficient (Wildman–Crippen LogP) is 3.44. The van der Waals surface area contributed by atoms with Crippen molar-refractivity contribution in [2.24, 2.45) is 0 Å². The molecule has 0 saturated heterocycles. The minimum absolute atomic E-state index is 0.128. The second-order valence-electron chi connectivity index (χ2n) is 6.98. The molecule has 1 aromatic carbocycles. The van der Waals surface area contributed by atoms with Gasteiger partial charge in [0.1, 0.15) is 0 Å². The van der Waals surface area contributed by atoms with Crippen molar-refractivity contribution in [3.63, 3.8) is 0 Å². The van der Waals surface area contributed by atoms with Gasteiger partial charge < -0.3 is 4.98 Å². The summed E-state index contributed by atoms with van der Waals surface area (Å²) < 4.78 is 14.4. The number of fused-ring (bicyclic) bond motifs is 1. The Morgan fingerprint density at radius 3 is 2.71 bits per heavy atom. The maximum absolute atomic E-state index is 12.6. The lowest BCUT2D eigenvalue weighted by molar-refractivity contribution is 0.505. The number of hydrogen-bond donors (Lipinski definition) is 1. The molecule has 140 valence electrons. The summed E-state index contributed by atoms with van der Waals surface area (Å²) in [5.74, 6) is 0. The van der Waals surface area contributed by atoms with Gasteiger partial charge >= 0.3 is 0 Å². The van der Waals surface area contributed by atoms with Crippen LogP contribution in [0.1, 0.15) is 19.3 Å². The Kier molecular flexibility index (Phi) is 4.16. The summed E-state index contributed by atoms with van der Waals surface area (Å²) in [6, 6.07) is 13.1. The highest BCUT2D eigenvalue weighted by atomic mass is 32.2. The van der Waals surface area contributed by atoms with Gasteiger partial charge in [0.2, 0.25) is 5.56 Å². The molecule has 1 aliphatic rings. The Balaban J connectivity index is 1.52. The predicted molar refractivity (Wildman–Crippen MR) is 109 cm³/mol. The van der Waals surface area contributed by atoms with Crippen molar-refractivity contribution >= 4 is 21.8 Å². The van der Waals surface area contributed by atoms with Crippen LogP contribution in [0.15, 0.2) is 70.7 Å². The Morgan fingerprint density at radius 1 is 1.07 bits per heavy atom. The second-order valence-corrected chi connectivity index (χ2v) is 8.72. The number of H-pyrrole nitrogens is 1. The first-order valence-corrected chi connectivity index (χ1v) is 10.4. The summed E-state index contributed by atoms with van der Waals surface area (Å²) in [6.07, 6.45) is 8.39. The minimum atomic E-state index is -0.992. The van der Waals surface area contributed by atoms with E-state index in [0.717, 1.165) is 52.0 Å². The fourth-order valence-electron chi connectivity index (χ4n) is 3.38. The first-order chi connectivity index (χ1) is 13.7. The zero-order valence-corrected chi connectivity index (χ0v) is 15.9. The first kappa shape index (κ1) is 17.1. The topological polar surface area (TPSA) is 80.6 Å². The van der Waals surface area contributed by atoms with Crippen molar-refractivity contribution < 1.29 is 4.21 Å². The zero-order chi connectivity index (χ0) is 19.1. The smallest absolute Gasteiger partial charge is 0.247 e. The van der Waals surface area contributed by atoms with Gasteiger partial charge in [-0.3, -0.25) is 9.00 Å². The highest BCUT2D eigenvalue weighted by Crippen LogP contribution is 2.29. The molecule has 1 N–H and O–H groups in total. The molecule has 28 heavy (non-hydrogen) atoms. The van der Waals surface area contributed by atoms with E-state index in [1.54, 1.807) is 29.3 Å². The number of pyridine rings is 2. The number of aromatic amines is 1. The molecule has 3 heterocycles. The first-order valence-electron chi connectivity index (χ1n) is 9.23. The summed E-state index contributed by atoms with van der Waals surface area (Å²) in [4.78, 5) is 19.3. The van der Waals surface area contributed by atoms with Crippen LogP contribution < -0.4 is 5.56 Å². The van der Waals surface area contributed by atoms with Crippen LogP contribution in [-0.2, 0) is 10.8 Å². The van der Waals surface area contributed by atoms with Gasteiger partial charge in [-0.05, 0) is 48.2 Å². The molecule has 7 heteroatoms. The Morgan fingerprint density at radius 2 is 1.96 bits per heavy atom. The normalized spacial score (nSPS) is 15.4. The Bertz CT molecular complexity index is 1240. The quantitative estimate of drug-likeness (QED) is 0.579. The van der Waals surface area contributed by atoms with E-state index >= 15 is 0 Å². The summed E-state index contributed by atoms with van der Waals surface area (Å²) in [5.41, 5.74) is 3.37. The molecule has 0 radical (unpaired) electrons. The maximum Gasteiger partial charge on any atom is 0.247 e. The average molecular weight is 390 g/mol. The van der Waals surface area contributed by atoms with Gasteiger partial charge in [0.05, 0.1) is 27.6 Å². The van der Waals surface area contributed by atoms with E-state index in [2.05, 4.69) is 15.1 Å². The number of benzene rings is 1. The molecule has 5 rings (SSSR count). The molecular formula is C21H18N4O2S. The number of nitrogens with one attached hydrogen (secondary N) is 1. The van der Waals surface area contributed by atoms with Crippen molar-refractivity contribution in [3.8, 4) is 16.8 Å². The van der Waals surface area contributed by atoms with Crippen molar-refractivity contribution in [2.75, 3.05) is 0 Å². The van der Waals surface area contributed by atoms with Crippen LogP contribution in [0, 0.1) is 0 Å². The van der Waals surface area contributed by atoms with Gasteiger partial charge in [0, 0.05) is 29.1 Å². The lowest BCUT2D eigenvalue weighted by Crippen LogP contribution is -2.23. The van der Waals surface area contributed by atoms with E-state index in [1.165, 1.54) is 6.07 Å². The van der Waals surface area contributed by atoms with Gasteiger partial charge in [-0.1, -0.05) is 18.6 Å². The Hall–Kier alpha value is -3.06. The summed E-state index contributed by atoms with van der Waals surface area (Å²) in [6.45, 7) is 0. The third kappa shape index (κ3) is 2.97. The standard InChI is InChI=1S/C21H18N4O2S/c26-20-8-7-15(11-22-20)14-3-1-4-17(9-14)25-21-16(12-24-25)10-19(13-23-21)28(27)18-5-2-6-18/h1,3-4,7-13,18H,2,5-6H2,(H,22,26)/t28-/m0/s1. The minimum Gasteiger partial charge on any atom is -0.328 e. The van der Waals surface area contributed by atoms with E-state index in [9.17, 15) is 9.00 Å². The molecule has 0 aliphatic heterocycles. The van der Waals surface area contributed by atoms with E-state index in [1.807, 2.05) is 30.3 Å². The fourth-order valence-corrected chi connectivity index (χ4v) is 4.93. The largest absolute Gasteiger partial charge is 0.328 e. The monoisotopic (exact) mass is 390 g/mol. The molecule has 0 bridgehead atoms. The molecule has 6 nitrogen and oxygen atoms in total. The molecule has 0 unspecified atom stereocenters. The van der Waals surface area contributed by atoms with Crippen molar-refractivity contribution in [1.82, 2.24) is 19.7 Å². The molecule has 1 saturated carbocycles. The summed E-state index contributed by atoms with van der Waals surface area (Å²) in [5, 5.41) is 5.63. The van der Waals surface area contributed by atoms with Crippen LogP contribution in [0.4, 0.5) is 0 Å². The molecule has 3 aromatic heterocycles. The molecular weight excluding hydrogens is 372 g/mol. The molecule has 1 aliphatic carbocycles. The van der Waals surface area contributed by atoms with Crippen molar-refractivity contribution in [2.45, 2.75) is 29.4 Å². The lowest BCUT2D eigenvalue weighted by atomic mass is 10.0. The average Bonchev–Trinajstić information content (AvgIpc) is 3.10. The number of rotatable bonds is 4. The third-order valence-electron chi connectivity index (χ3n) is 5.18. The number of nitrogens with zero attached hydrogens (tertiary/aromatic N) is 3. The highest BCUT2D eigenvalue weighted by molar-refractivity contribution is 7.85. The van der Waals surface area contributed by atoms with Crippen molar-refractivity contribution in [3.05, 3.63) is 71.4 Å². The highest BCUT2D eigenvalue weighted by Gasteiger charge is 2.25. The van der Waals surface area contributed by atoms with E-state index in [4.69, 9.17) is 0 Å². The fraction of sp³-hybridized carbons (Fsp3) is 0.190. The van der Waals surface area contributed by atoms with Crippen LogP contribution in [0.2, 0.25) is 0 Å². The zero-order valence-electron chi connectivity index (χ0n) is 15.0. The van der Waals surface area contributed by atoms with Crippen molar-refractivity contribution in [1.29, 1.82) is 0 Å². The Labute approximate surface area is 163 Å². The van der Waals surface area contributed by atoms with Crippen LogP contribution in [0.25, 0.3) is 27.8 Å². The van der Waals surface area contributed by atoms with Crippen LogP contribution in [-0.4, -0.2) is 29.2 Å². The molecule has 0 amide bonds. The lowest BCUT2D eigenvalue weighted by Gasteiger charge is -2.24. The third-order valence-corrected chi connectivity index (χ3v) is 6.94. The summed E-state index contributed by atoms with van der Waals surface area (Å²) >= 11 is 0. The van der Waals surface area contributed by atoms with Crippen LogP contribution >= 0.6 is 0 Å². The number of aromatic nitrogens is 4. The van der Waals surface area contributed by atoms with Gasteiger partial charge in [0.25, 0.3) is 0 Å². The molecule has 0 spiro atoms. The van der Waals surface area contributed by atoms with Gasteiger partial charge in [-0.2, -0.15) is 5.10 Å². The van der Waals surface area contributed by atoms with Gasteiger partial charge in [-0.25, -0.2) is 9.67 Å². The molecule has 1 atom stereocenters.